The first-order valence-electron chi connectivity index (χ1n) is 6.50. The fourth-order valence-electron chi connectivity index (χ4n) is 2.61. The second-order valence-corrected chi connectivity index (χ2v) is 5.60. The molecule has 1 saturated heterocycles. The molecule has 2 atom stereocenters. The van der Waals surface area contributed by atoms with Crippen molar-refractivity contribution in [1.29, 1.82) is 0 Å². The Morgan fingerprint density at radius 3 is 2.53 bits per heavy atom. The van der Waals surface area contributed by atoms with Crippen molar-refractivity contribution >= 4 is 0 Å². The number of nitrogens with one attached hydrogen (secondary N) is 1. The largest absolute Gasteiger partial charge is 0.311 e. The molecule has 0 radical (unpaired) electrons. The Balaban J connectivity index is 2.55. The van der Waals surface area contributed by atoms with E-state index in [4.69, 9.17) is 0 Å². The Labute approximate surface area is 95.4 Å². The van der Waals surface area contributed by atoms with Crippen LogP contribution < -0.4 is 5.32 Å². The van der Waals surface area contributed by atoms with Crippen LogP contribution >= 0.6 is 0 Å². The van der Waals surface area contributed by atoms with Gasteiger partial charge in [0.25, 0.3) is 0 Å². The Bertz CT molecular complexity index is 191. The van der Waals surface area contributed by atoms with E-state index < -0.39 is 0 Å². The summed E-state index contributed by atoms with van der Waals surface area (Å²) in [5.74, 6) is 0.798. The summed E-state index contributed by atoms with van der Waals surface area (Å²) < 4.78 is 0. The van der Waals surface area contributed by atoms with Crippen LogP contribution in [-0.2, 0) is 0 Å². The number of hydrogen-bond acceptors (Lipinski definition) is 2. The lowest BCUT2D eigenvalue weighted by Crippen LogP contribution is -2.63. The molecule has 1 aliphatic rings. The van der Waals surface area contributed by atoms with E-state index in [1.165, 1.54) is 25.9 Å². The number of piperazine rings is 1. The van der Waals surface area contributed by atoms with Crippen molar-refractivity contribution in [2.45, 2.75) is 59.0 Å². The fraction of sp³-hybridized carbons (Fsp3) is 1.00. The molecule has 0 aliphatic carbocycles. The predicted octanol–water partition coefficient (Wildman–Crippen LogP) is 2.49. The van der Waals surface area contributed by atoms with E-state index in [1.807, 2.05) is 0 Å². The maximum atomic E-state index is 3.71. The van der Waals surface area contributed by atoms with E-state index in [0.717, 1.165) is 12.5 Å². The summed E-state index contributed by atoms with van der Waals surface area (Å²) in [5, 5.41) is 3.71. The third-order valence-corrected chi connectivity index (χ3v) is 3.88. The van der Waals surface area contributed by atoms with Gasteiger partial charge >= 0.3 is 0 Å². The van der Waals surface area contributed by atoms with Gasteiger partial charge in [-0.1, -0.05) is 27.7 Å². The Morgan fingerprint density at radius 2 is 2.07 bits per heavy atom. The summed E-state index contributed by atoms with van der Waals surface area (Å²) in [6, 6.07) is 0.699. The van der Waals surface area contributed by atoms with E-state index in [9.17, 15) is 0 Å². The van der Waals surface area contributed by atoms with Crippen molar-refractivity contribution < 1.29 is 0 Å². The number of nitrogens with zero attached hydrogens (tertiary/aromatic N) is 1. The molecule has 1 rings (SSSR count). The summed E-state index contributed by atoms with van der Waals surface area (Å²) in [6.45, 7) is 15.1. The van der Waals surface area contributed by atoms with E-state index >= 15 is 0 Å². The van der Waals surface area contributed by atoms with Gasteiger partial charge in [-0.3, -0.25) is 4.90 Å². The molecule has 0 amide bonds. The molecule has 0 aromatic carbocycles. The Kier molecular flexibility index (Phi) is 4.60. The predicted molar refractivity (Wildman–Crippen MR) is 67.2 cm³/mol. The van der Waals surface area contributed by atoms with Crippen LogP contribution in [0.4, 0.5) is 0 Å². The molecule has 1 fully saturated rings. The molecule has 2 heteroatoms. The third-order valence-electron chi connectivity index (χ3n) is 3.88. The lowest BCUT2D eigenvalue weighted by atomic mass is 9.90. The van der Waals surface area contributed by atoms with Gasteiger partial charge in [-0.15, -0.1) is 0 Å². The molecule has 0 bridgehead atoms. The van der Waals surface area contributed by atoms with Gasteiger partial charge in [0.1, 0.15) is 0 Å². The highest BCUT2D eigenvalue weighted by atomic mass is 15.3. The molecule has 90 valence electrons. The Morgan fingerprint density at radius 1 is 1.40 bits per heavy atom. The van der Waals surface area contributed by atoms with Crippen molar-refractivity contribution in [1.82, 2.24) is 10.2 Å². The first kappa shape index (κ1) is 13.0. The summed E-state index contributed by atoms with van der Waals surface area (Å²) in [7, 11) is 0. The second-order valence-electron chi connectivity index (χ2n) is 5.60. The van der Waals surface area contributed by atoms with E-state index in [0.29, 0.717) is 11.6 Å². The summed E-state index contributed by atoms with van der Waals surface area (Å²) >= 11 is 0. The van der Waals surface area contributed by atoms with Crippen LogP contribution in [0.5, 0.6) is 0 Å². The number of likely N-dealkylation sites (N-methyl/N-ethyl adjacent to an activating group) is 1. The van der Waals surface area contributed by atoms with Crippen LogP contribution in [0.25, 0.3) is 0 Å². The SMILES string of the molecule is CCN1CC(CC(C)C)NCC1(C)CC. The van der Waals surface area contributed by atoms with Gasteiger partial charge in [0.05, 0.1) is 0 Å². The minimum absolute atomic E-state index is 0.377. The minimum Gasteiger partial charge on any atom is -0.311 e. The molecule has 2 unspecified atom stereocenters. The number of hydrogen-bond donors (Lipinski definition) is 1. The first-order chi connectivity index (χ1) is 7.01. The summed E-state index contributed by atoms with van der Waals surface area (Å²) in [4.78, 5) is 2.65. The van der Waals surface area contributed by atoms with Crippen LogP contribution in [0.1, 0.15) is 47.5 Å². The summed E-state index contributed by atoms with van der Waals surface area (Å²) in [6.07, 6.45) is 2.54. The highest BCUT2D eigenvalue weighted by Crippen LogP contribution is 2.24. The standard InChI is InChI=1S/C13H28N2/c1-6-13(5)10-14-12(8-11(3)4)9-15(13)7-2/h11-12,14H,6-10H2,1-5H3. The monoisotopic (exact) mass is 212 g/mol. The molecule has 2 nitrogen and oxygen atoms in total. The zero-order valence-corrected chi connectivity index (χ0v) is 11.1. The van der Waals surface area contributed by atoms with E-state index in [-0.39, 0.29) is 0 Å². The van der Waals surface area contributed by atoms with Crippen LogP contribution in [0.2, 0.25) is 0 Å². The van der Waals surface area contributed by atoms with Gasteiger partial charge in [0.2, 0.25) is 0 Å². The molecular weight excluding hydrogens is 184 g/mol. The normalized spacial score (nSPS) is 33.6. The molecule has 0 aromatic rings. The van der Waals surface area contributed by atoms with E-state index in [1.54, 1.807) is 0 Å². The van der Waals surface area contributed by atoms with Crippen molar-refractivity contribution in [3.63, 3.8) is 0 Å². The molecule has 0 aromatic heterocycles. The molecule has 1 N–H and O–H groups in total. The average molecular weight is 212 g/mol. The topological polar surface area (TPSA) is 15.3 Å². The maximum absolute atomic E-state index is 3.71. The lowest BCUT2D eigenvalue weighted by Gasteiger charge is -2.48. The first-order valence-corrected chi connectivity index (χ1v) is 6.50. The molecular formula is C13H28N2. The minimum atomic E-state index is 0.377. The zero-order valence-electron chi connectivity index (χ0n) is 11.1. The van der Waals surface area contributed by atoms with Crippen molar-refractivity contribution in [2.75, 3.05) is 19.6 Å². The molecule has 0 spiro atoms. The van der Waals surface area contributed by atoms with Crippen LogP contribution in [0.15, 0.2) is 0 Å². The van der Waals surface area contributed by atoms with Gasteiger partial charge in [-0.05, 0) is 32.2 Å². The lowest BCUT2D eigenvalue weighted by molar-refractivity contribution is 0.0495. The molecule has 15 heavy (non-hydrogen) atoms. The van der Waals surface area contributed by atoms with Crippen molar-refractivity contribution in [3.05, 3.63) is 0 Å². The van der Waals surface area contributed by atoms with Crippen LogP contribution in [-0.4, -0.2) is 36.1 Å². The highest BCUT2D eigenvalue weighted by molar-refractivity contribution is 4.94. The van der Waals surface area contributed by atoms with Crippen molar-refractivity contribution in [3.8, 4) is 0 Å². The number of rotatable bonds is 4. The quantitative estimate of drug-likeness (QED) is 0.770. The van der Waals surface area contributed by atoms with Gasteiger partial charge in [0, 0.05) is 24.7 Å². The van der Waals surface area contributed by atoms with Gasteiger partial charge in [-0.2, -0.15) is 0 Å². The van der Waals surface area contributed by atoms with Gasteiger partial charge < -0.3 is 5.32 Å². The fourth-order valence-corrected chi connectivity index (χ4v) is 2.61. The third kappa shape index (κ3) is 3.18. The van der Waals surface area contributed by atoms with Crippen LogP contribution in [0, 0.1) is 5.92 Å². The highest BCUT2D eigenvalue weighted by Gasteiger charge is 2.35. The van der Waals surface area contributed by atoms with E-state index in [2.05, 4.69) is 44.8 Å². The van der Waals surface area contributed by atoms with Gasteiger partial charge in [0.15, 0.2) is 0 Å². The summed E-state index contributed by atoms with van der Waals surface area (Å²) in [5.41, 5.74) is 0.377. The van der Waals surface area contributed by atoms with Gasteiger partial charge in [-0.25, -0.2) is 0 Å². The van der Waals surface area contributed by atoms with Crippen LogP contribution in [0.3, 0.4) is 0 Å². The second kappa shape index (κ2) is 5.31. The molecule has 1 heterocycles. The average Bonchev–Trinajstić information content (AvgIpc) is 2.20. The Hall–Kier alpha value is -0.0800. The molecule has 0 saturated carbocycles. The van der Waals surface area contributed by atoms with Crippen molar-refractivity contribution in [2.24, 2.45) is 5.92 Å². The smallest absolute Gasteiger partial charge is 0.0303 e. The maximum Gasteiger partial charge on any atom is 0.0303 e. The molecule has 1 aliphatic heterocycles. The zero-order chi connectivity index (χ0) is 11.5.